The zero-order chi connectivity index (χ0) is 24.1. The summed E-state index contributed by atoms with van der Waals surface area (Å²) in [4.78, 5) is 23.6. The van der Waals surface area contributed by atoms with Gasteiger partial charge in [0.25, 0.3) is 0 Å². The molecule has 3 saturated heterocycles. The summed E-state index contributed by atoms with van der Waals surface area (Å²) in [7, 11) is -3.97. The van der Waals surface area contributed by atoms with Gasteiger partial charge >= 0.3 is 5.97 Å². The first-order chi connectivity index (χ1) is 15.4. The van der Waals surface area contributed by atoms with Gasteiger partial charge in [-0.3, -0.25) is 9.59 Å². The third kappa shape index (κ3) is 4.65. The second kappa shape index (κ2) is 8.62. The van der Waals surface area contributed by atoms with E-state index in [0.29, 0.717) is 0 Å². The highest BCUT2D eigenvalue weighted by atomic mass is 32.2. The first-order valence-corrected chi connectivity index (χ1v) is 12.3. The van der Waals surface area contributed by atoms with Crippen molar-refractivity contribution in [3.63, 3.8) is 0 Å². The zero-order valence-corrected chi connectivity index (χ0v) is 20.1. The maximum absolute atomic E-state index is 13.8. The van der Waals surface area contributed by atoms with E-state index >= 15 is 0 Å². The van der Waals surface area contributed by atoms with Crippen molar-refractivity contribution in [3.05, 3.63) is 29.8 Å². The van der Waals surface area contributed by atoms with Crippen molar-refractivity contribution in [2.75, 3.05) is 13.2 Å². The molecule has 0 unspecified atom stereocenters. The van der Waals surface area contributed by atoms with Gasteiger partial charge in [-0.1, -0.05) is 17.7 Å². The lowest BCUT2D eigenvalue weighted by molar-refractivity contribution is -0.218. The van der Waals surface area contributed by atoms with Crippen LogP contribution in [0.5, 0.6) is 0 Å². The standard InChI is InChI=1S/C22H30N2O8S/c1-12-6-8-16(9-7-12)33(27,28)24-10-15(11-29-14(3)26)17(23-13(2)25)19-18(24)20-21(30-19)32-22(4,5)31-20/h6-9,15,17-21H,10-11H2,1-5H3,(H,23,25)/t15-,17+,18-,19-,20-,21-/m1/s1. The Bertz CT molecular complexity index is 1030. The lowest BCUT2D eigenvalue weighted by atomic mass is 9.86. The Labute approximate surface area is 193 Å². The molecule has 6 atom stereocenters. The number of aryl methyl sites for hydroxylation is 1. The van der Waals surface area contributed by atoms with Gasteiger partial charge in [-0.2, -0.15) is 4.31 Å². The van der Waals surface area contributed by atoms with Crippen LogP contribution in [0.3, 0.4) is 0 Å². The summed E-state index contributed by atoms with van der Waals surface area (Å²) in [6, 6.07) is 5.24. The topological polar surface area (TPSA) is 120 Å². The van der Waals surface area contributed by atoms with Crippen LogP contribution in [0.15, 0.2) is 29.2 Å². The fraction of sp³-hybridized carbons (Fsp3) is 0.636. The first kappa shape index (κ1) is 24.1. The predicted octanol–water partition coefficient (Wildman–Crippen LogP) is 0.928. The van der Waals surface area contributed by atoms with Gasteiger partial charge in [0.05, 0.1) is 23.6 Å². The van der Waals surface area contributed by atoms with Gasteiger partial charge in [0, 0.05) is 26.3 Å². The summed E-state index contributed by atoms with van der Waals surface area (Å²) < 4.78 is 52.2. The normalized spacial score (nSPS) is 33.2. The number of hydrogen-bond donors (Lipinski definition) is 1. The molecule has 3 aliphatic heterocycles. The number of carbonyl (C=O) groups is 2. The Kier molecular flexibility index (Phi) is 6.29. The van der Waals surface area contributed by atoms with Gasteiger partial charge in [-0.05, 0) is 32.9 Å². The molecule has 0 aliphatic carbocycles. The highest BCUT2D eigenvalue weighted by Gasteiger charge is 2.63. The van der Waals surface area contributed by atoms with E-state index < -0.39 is 58.3 Å². The van der Waals surface area contributed by atoms with Gasteiger partial charge in [0.1, 0.15) is 12.2 Å². The molecule has 3 fully saturated rings. The van der Waals surface area contributed by atoms with Crippen LogP contribution in [-0.4, -0.2) is 74.1 Å². The molecule has 1 aromatic carbocycles. The fourth-order valence-electron chi connectivity index (χ4n) is 4.80. The van der Waals surface area contributed by atoms with Crippen LogP contribution in [0.2, 0.25) is 0 Å². The molecule has 3 aliphatic rings. The molecule has 0 spiro atoms. The number of sulfonamides is 1. The molecule has 11 heteroatoms. The number of fused-ring (bicyclic) bond motifs is 3. The van der Waals surface area contributed by atoms with Gasteiger partial charge in [0.15, 0.2) is 12.1 Å². The Hall–Kier alpha value is -2.05. The lowest BCUT2D eigenvalue weighted by Crippen LogP contribution is -2.66. The molecule has 3 heterocycles. The fourth-order valence-corrected chi connectivity index (χ4v) is 6.49. The van der Waals surface area contributed by atoms with Crippen molar-refractivity contribution in [1.82, 2.24) is 9.62 Å². The number of amides is 1. The molecular weight excluding hydrogens is 452 g/mol. The predicted molar refractivity (Wildman–Crippen MR) is 115 cm³/mol. The monoisotopic (exact) mass is 482 g/mol. The number of rotatable bonds is 5. The molecular formula is C22H30N2O8S. The highest BCUT2D eigenvalue weighted by Crippen LogP contribution is 2.45. The number of nitrogens with zero attached hydrogens (tertiary/aromatic N) is 1. The summed E-state index contributed by atoms with van der Waals surface area (Å²) in [5.74, 6) is -2.28. The number of nitrogens with one attached hydrogen (secondary N) is 1. The number of ether oxygens (including phenoxy) is 4. The highest BCUT2D eigenvalue weighted by molar-refractivity contribution is 7.89. The second-order valence-electron chi connectivity index (χ2n) is 9.24. The van der Waals surface area contributed by atoms with E-state index in [4.69, 9.17) is 18.9 Å². The molecule has 0 radical (unpaired) electrons. The zero-order valence-electron chi connectivity index (χ0n) is 19.3. The van der Waals surface area contributed by atoms with E-state index in [0.717, 1.165) is 5.56 Å². The van der Waals surface area contributed by atoms with Crippen molar-refractivity contribution in [2.24, 2.45) is 5.92 Å². The molecule has 1 aromatic rings. The first-order valence-electron chi connectivity index (χ1n) is 10.9. The lowest BCUT2D eigenvalue weighted by Gasteiger charge is -2.46. The van der Waals surface area contributed by atoms with Crippen molar-refractivity contribution >= 4 is 21.9 Å². The average Bonchev–Trinajstić information content (AvgIpc) is 3.19. The Morgan fingerprint density at radius 3 is 2.42 bits per heavy atom. The Morgan fingerprint density at radius 1 is 1.15 bits per heavy atom. The Morgan fingerprint density at radius 2 is 1.82 bits per heavy atom. The third-order valence-electron chi connectivity index (χ3n) is 6.16. The number of piperidine rings is 1. The molecule has 182 valence electrons. The SMILES string of the molecule is CC(=O)N[C@H]1[C@@H](COC(C)=O)CN(S(=O)(=O)c2ccc(C)cc2)[C@@H]2[C@@H]1O[C@@H]1OC(C)(C)O[C@@H]12. The summed E-state index contributed by atoms with van der Waals surface area (Å²) >= 11 is 0. The van der Waals surface area contributed by atoms with Crippen LogP contribution in [0.25, 0.3) is 0 Å². The molecule has 0 aromatic heterocycles. The minimum absolute atomic E-state index is 0.00592. The third-order valence-corrected chi connectivity index (χ3v) is 8.04. The van der Waals surface area contributed by atoms with Crippen LogP contribution in [0.1, 0.15) is 33.3 Å². The minimum atomic E-state index is -3.97. The Balaban J connectivity index is 1.75. The summed E-state index contributed by atoms with van der Waals surface area (Å²) in [5.41, 5.74) is 0.933. The van der Waals surface area contributed by atoms with Gasteiger partial charge < -0.3 is 24.3 Å². The van der Waals surface area contributed by atoms with Crippen LogP contribution >= 0.6 is 0 Å². The van der Waals surface area contributed by atoms with Crippen LogP contribution < -0.4 is 5.32 Å². The molecule has 0 bridgehead atoms. The van der Waals surface area contributed by atoms with E-state index in [9.17, 15) is 18.0 Å². The summed E-state index contributed by atoms with van der Waals surface area (Å²) in [6.07, 6.45) is -2.24. The summed E-state index contributed by atoms with van der Waals surface area (Å²) in [5, 5.41) is 2.87. The van der Waals surface area contributed by atoms with E-state index in [1.54, 1.807) is 38.1 Å². The number of esters is 1. The second-order valence-corrected chi connectivity index (χ2v) is 11.1. The molecule has 33 heavy (non-hydrogen) atoms. The number of hydrogen-bond acceptors (Lipinski definition) is 8. The van der Waals surface area contributed by atoms with Gasteiger partial charge in [0.2, 0.25) is 15.9 Å². The summed E-state index contributed by atoms with van der Waals surface area (Å²) in [6.45, 7) is 7.93. The van der Waals surface area contributed by atoms with Gasteiger partial charge in [-0.15, -0.1) is 0 Å². The molecule has 0 saturated carbocycles. The van der Waals surface area contributed by atoms with Crippen molar-refractivity contribution in [1.29, 1.82) is 0 Å². The van der Waals surface area contributed by atoms with Crippen molar-refractivity contribution in [3.8, 4) is 0 Å². The molecule has 10 nitrogen and oxygen atoms in total. The smallest absolute Gasteiger partial charge is 0.302 e. The maximum atomic E-state index is 13.8. The maximum Gasteiger partial charge on any atom is 0.302 e. The van der Waals surface area contributed by atoms with E-state index in [-0.39, 0.29) is 24.0 Å². The minimum Gasteiger partial charge on any atom is -0.465 e. The van der Waals surface area contributed by atoms with Gasteiger partial charge in [-0.25, -0.2) is 8.42 Å². The number of benzene rings is 1. The van der Waals surface area contributed by atoms with Crippen LogP contribution in [0, 0.1) is 12.8 Å². The van der Waals surface area contributed by atoms with E-state index in [1.165, 1.54) is 18.2 Å². The quantitative estimate of drug-likeness (QED) is 0.616. The van der Waals surface area contributed by atoms with Crippen molar-refractivity contribution in [2.45, 2.75) is 75.9 Å². The largest absolute Gasteiger partial charge is 0.465 e. The average molecular weight is 483 g/mol. The van der Waals surface area contributed by atoms with Crippen molar-refractivity contribution < 1.29 is 37.0 Å². The number of carbonyl (C=O) groups excluding carboxylic acids is 2. The van der Waals surface area contributed by atoms with Crippen LogP contribution in [0.4, 0.5) is 0 Å². The molecule has 4 rings (SSSR count). The van der Waals surface area contributed by atoms with Crippen LogP contribution in [-0.2, 0) is 38.6 Å². The van der Waals surface area contributed by atoms with E-state index in [2.05, 4.69) is 5.32 Å². The molecule has 1 N–H and O–H groups in total. The van der Waals surface area contributed by atoms with E-state index in [1.807, 2.05) is 6.92 Å². The molecule has 1 amide bonds.